The standard InChI is InChI=1S/C29H37NO4/c1-21(26-12-4-9-23-8-2-3-11-27(23)26)30-19-6-7-22-14-16-24(17-15-22)28(32)13-5-10-25(18-20-31)29(33)34/h2-4,8-9,11-12,14-17,21,25,29-31,33-34H,5-7,10,13,18-20H2,1H3. The number of aliphatic hydroxyl groups excluding tert-OH is 2. The Bertz CT molecular complexity index is 1030. The third kappa shape index (κ3) is 7.47. The molecule has 0 saturated carbocycles. The van der Waals surface area contributed by atoms with Crippen LogP contribution < -0.4 is 5.32 Å². The Balaban J connectivity index is 1.41. The minimum atomic E-state index is -1.45. The van der Waals surface area contributed by atoms with E-state index in [1.807, 2.05) is 24.3 Å². The summed E-state index contributed by atoms with van der Waals surface area (Å²) in [6, 6.07) is 23.0. The molecule has 3 aromatic carbocycles. The van der Waals surface area contributed by atoms with E-state index in [0.29, 0.717) is 31.2 Å². The third-order valence-electron chi connectivity index (χ3n) is 6.56. The van der Waals surface area contributed by atoms with Crippen LogP contribution in [0.2, 0.25) is 0 Å². The summed E-state index contributed by atoms with van der Waals surface area (Å²) in [7, 11) is 0. The van der Waals surface area contributed by atoms with Crippen molar-refractivity contribution < 1.29 is 20.1 Å². The summed E-state index contributed by atoms with van der Waals surface area (Å²) in [5.74, 6) is -0.329. The minimum absolute atomic E-state index is 0.0623. The number of fused-ring (bicyclic) bond motifs is 1. The third-order valence-corrected chi connectivity index (χ3v) is 6.56. The van der Waals surface area contributed by atoms with Crippen LogP contribution in [-0.4, -0.2) is 40.5 Å². The van der Waals surface area contributed by atoms with Gasteiger partial charge in [-0.2, -0.15) is 0 Å². The maximum Gasteiger partial charge on any atom is 0.162 e. The molecule has 0 saturated heterocycles. The maximum atomic E-state index is 12.4. The van der Waals surface area contributed by atoms with Crippen molar-refractivity contribution in [1.82, 2.24) is 5.32 Å². The Hall–Kier alpha value is -2.57. The molecule has 182 valence electrons. The molecule has 34 heavy (non-hydrogen) atoms. The Morgan fingerprint density at radius 2 is 1.65 bits per heavy atom. The molecule has 2 unspecified atom stereocenters. The molecule has 3 aromatic rings. The van der Waals surface area contributed by atoms with Crippen LogP contribution in [0.3, 0.4) is 0 Å². The van der Waals surface area contributed by atoms with Gasteiger partial charge in [-0.3, -0.25) is 4.79 Å². The summed E-state index contributed by atoms with van der Waals surface area (Å²) >= 11 is 0. The Morgan fingerprint density at radius 3 is 2.38 bits per heavy atom. The first-order valence-electron chi connectivity index (χ1n) is 12.3. The van der Waals surface area contributed by atoms with E-state index in [1.165, 1.54) is 21.9 Å². The number of hydrogen-bond donors (Lipinski definition) is 4. The molecule has 0 aromatic heterocycles. The fraction of sp³-hybridized carbons (Fsp3) is 0.414. The highest BCUT2D eigenvalue weighted by Crippen LogP contribution is 2.24. The summed E-state index contributed by atoms with van der Waals surface area (Å²) in [4.78, 5) is 12.4. The van der Waals surface area contributed by atoms with E-state index >= 15 is 0 Å². The van der Waals surface area contributed by atoms with Crippen molar-refractivity contribution in [1.29, 1.82) is 0 Å². The first-order valence-corrected chi connectivity index (χ1v) is 12.3. The molecule has 0 radical (unpaired) electrons. The van der Waals surface area contributed by atoms with Crippen molar-refractivity contribution in [2.24, 2.45) is 5.92 Å². The highest BCUT2D eigenvalue weighted by molar-refractivity contribution is 5.96. The van der Waals surface area contributed by atoms with Gasteiger partial charge in [-0.25, -0.2) is 0 Å². The number of benzene rings is 3. The zero-order valence-corrected chi connectivity index (χ0v) is 20.0. The van der Waals surface area contributed by atoms with Crippen molar-refractivity contribution in [3.63, 3.8) is 0 Å². The lowest BCUT2D eigenvalue weighted by atomic mass is 9.95. The Kier molecular flexibility index (Phi) is 10.2. The number of nitrogens with one attached hydrogen (secondary N) is 1. The van der Waals surface area contributed by atoms with Crippen LogP contribution in [0.5, 0.6) is 0 Å². The Morgan fingerprint density at radius 1 is 0.912 bits per heavy atom. The smallest absolute Gasteiger partial charge is 0.162 e. The van der Waals surface area contributed by atoms with Gasteiger partial charge in [0.05, 0.1) is 0 Å². The summed E-state index contributed by atoms with van der Waals surface area (Å²) in [6.07, 6.45) is 2.28. The van der Waals surface area contributed by atoms with Crippen molar-refractivity contribution >= 4 is 16.6 Å². The molecular weight excluding hydrogens is 426 g/mol. The van der Waals surface area contributed by atoms with Crippen molar-refractivity contribution in [2.75, 3.05) is 13.2 Å². The van der Waals surface area contributed by atoms with Gasteiger partial charge in [-0.1, -0.05) is 66.7 Å². The number of hydrogen-bond acceptors (Lipinski definition) is 5. The molecule has 0 aliphatic carbocycles. The first kappa shape index (κ1) is 26.0. The molecule has 0 spiro atoms. The maximum absolute atomic E-state index is 12.4. The lowest BCUT2D eigenvalue weighted by molar-refractivity contribution is -0.0913. The van der Waals surface area contributed by atoms with Gasteiger partial charge in [0, 0.05) is 30.6 Å². The van der Waals surface area contributed by atoms with Gasteiger partial charge < -0.3 is 20.6 Å². The number of ketones is 1. The lowest BCUT2D eigenvalue weighted by Gasteiger charge is -2.17. The van der Waals surface area contributed by atoms with Crippen molar-refractivity contribution in [2.45, 2.75) is 57.8 Å². The van der Waals surface area contributed by atoms with Gasteiger partial charge >= 0.3 is 0 Å². The van der Waals surface area contributed by atoms with Crippen LogP contribution in [0.4, 0.5) is 0 Å². The second-order valence-corrected chi connectivity index (χ2v) is 9.05. The second-order valence-electron chi connectivity index (χ2n) is 9.05. The van der Waals surface area contributed by atoms with Gasteiger partial charge in [0.15, 0.2) is 12.1 Å². The second kappa shape index (κ2) is 13.4. The lowest BCUT2D eigenvalue weighted by Crippen LogP contribution is -2.21. The van der Waals surface area contributed by atoms with Gasteiger partial charge in [-0.15, -0.1) is 0 Å². The average molecular weight is 464 g/mol. The molecule has 4 N–H and O–H groups in total. The molecule has 0 heterocycles. The molecule has 0 fully saturated rings. The SMILES string of the molecule is CC(NCCCc1ccc(C(=O)CCCC(CCO)C(O)O)cc1)c1cccc2ccccc12. The van der Waals surface area contributed by atoms with Crippen LogP contribution in [0.15, 0.2) is 66.7 Å². The molecule has 3 rings (SSSR count). The largest absolute Gasteiger partial charge is 0.396 e. The monoisotopic (exact) mass is 463 g/mol. The van der Waals surface area contributed by atoms with Gasteiger partial charge in [0.25, 0.3) is 0 Å². The topological polar surface area (TPSA) is 89.8 Å². The molecule has 5 heteroatoms. The fourth-order valence-electron chi connectivity index (χ4n) is 4.48. The summed E-state index contributed by atoms with van der Waals surface area (Å²) in [5, 5.41) is 33.9. The van der Waals surface area contributed by atoms with E-state index in [4.69, 9.17) is 5.11 Å². The molecule has 0 aliphatic heterocycles. The summed E-state index contributed by atoms with van der Waals surface area (Å²) in [5.41, 5.74) is 3.22. The Labute approximate surface area is 202 Å². The molecule has 0 bridgehead atoms. The van der Waals surface area contributed by atoms with E-state index in [2.05, 4.69) is 54.7 Å². The number of aliphatic hydroxyl groups is 3. The van der Waals surface area contributed by atoms with Gasteiger partial charge in [-0.05, 0) is 67.5 Å². The highest BCUT2D eigenvalue weighted by Gasteiger charge is 2.16. The zero-order chi connectivity index (χ0) is 24.3. The number of carbonyl (C=O) groups excluding carboxylic acids is 1. The van der Waals surface area contributed by atoms with E-state index < -0.39 is 12.2 Å². The normalized spacial score (nSPS) is 13.3. The van der Waals surface area contributed by atoms with Crippen LogP contribution in [-0.2, 0) is 6.42 Å². The van der Waals surface area contributed by atoms with E-state index in [9.17, 15) is 15.0 Å². The first-order chi connectivity index (χ1) is 16.5. The number of rotatable bonds is 14. The minimum Gasteiger partial charge on any atom is -0.396 e. The average Bonchev–Trinajstić information content (AvgIpc) is 2.85. The van der Waals surface area contributed by atoms with Crippen LogP contribution in [0, 0.1) is 5.92 Å². The van der Waals surface area contributed by atoms with Crippen molar-refractivity contribution in [3.05, 3.63) is 83.4 Å². The molecule has 0 aliphatic rings. The molecular formula is C29H37NO4. The van der Waals surface area contributed by atoms with E-state index in [1.54, 1.807) is 0 Å². The van der Waals surface area contributed by atoms with Crippen molar-refractivity contribution in [3.8, 4) is 0 Å². The van der Waals surface area contributed by atoms with E-state index in [-0.39, 0.29) is 18.4 Å². The van der Waals surface area contributed by atoms with Crippen LogP contribution >= 0.6 is 0 Å². The van der Waals surface area contributed by atoms with Crippen LogP contribution in [0.1, 0.15) is 66.6 Å². The zero-order valence-electron chi connectivity index (χ0n) is 20.0. The predicted molar refractivity (Wildman–Crippen MR) is 137 cm³/mol. The molecule has 5 nitrogen and oxygen atoms in total. The van der Waals surface area contributed by atoms with Crippen LogP contribution in [0.25, 0.3) is 10.8 Å². The quantitative estimate of drug-likeness (QED) is 0.157. The molecule has 2 atom stereocenters. The predicted octanol–water partition coefficient (Wildman–Crippen LogP) is 4.79. The number of aryl methyl sites for hydroxylation is 1. The highest BCUT2D eigenvalue weighted by atomic mass is 16.5. The number of Topliss-reactive ketones (excluding diaryl/α,β-unsaturated/α-hetero) is 1. The van der Waals surface area contributed by atoms with E-state index in [0.717, 1.165) is 19.4 Å². The fourth-order valence-corrected chi connectivity index (χ4v) is 4.48. The summed E-state index contributed by atoms with van der Waals surface area (Å²) < 4.78 is 0. The molecule has 0 amide bonds. The number of carbonyl (C=O) groups is 1. The summed E-state index contributed by atoms with van der Waals surface area (Å²) in [6.45, 7) is 3.03. The van der Waals surface area contributed by atoms with Gasteiger partial charge in [0.2, 0.25) is 0 Å². The van der Waals surface area contributed by atoms with Gasteiger partial charge in [0.1, 0.15) is 0 Å².